The first kappa shape index (κ1) is 16.0. The number of H-pyrrole nitrogens is 1. The highest BCUT2D eigenvalue weighted by Crippen LogP contribution is 2.18. The van der Waals surface area contributed by atoms with Gasteiger partial charge in [0.25, 0.3) is 5.56 Å². The number of sulfone groups is 1. The number of nitriles is 1. The van der Waals surface area contributed by atoms with Crippen molar-refractivity contribution in [2.24, 2.45) is 0 Å². The molecular formula is C13H10ClN3O4S. The normalized spacial score (nSPS) is 12.8. The number of aromatic amines is 1. The molecule has 0 bridgehead atoms. The standard InChI is InChI=1S/C13H10ClN3O4S/c1-22(20,21)7-2-3-8-10(4-7)16-12(17-13(8)19)9(6-15)11(18)5-14/h2-4,18H,5H2,1H3,(H,16,17,19). The molecule has 0 atom stereocenters. The Bertz CT molecular complexity index is 986. The number of nitrogens with one attached hydrogen (secondary N) is 1. The number of rotatable bonds is 3. The number of aliphatic hydroxyl groups is 1. The number of benzene rings is 1. The predicted octanol–water partition coefficient (Wildman–Crippen LogP) is 1.36. The quantitative estimate of drug-likeness (QED) is 0.494. The highest BCUT2D eigenvalue weighted by atomic mass is 35.5. The fraction of sp³-hybridized carbons (Fsp3) is 0.154. The predicted molar refractivity (Wildman–Crippen MR) is 81.4 cm³/mol. The topological polar surface area (TPSA) is 124 Å². The van der Waals surface area contributed by atoms with Crippen molar-refractivity contribution in [3.05, 3.63) is 40.1 Å². The molecule has 1 aromatic carbocycles. The zero-order chi connectivity index (χ0) is 16.5. The van der Waals surface area contributed by atoms with Crippen LogP contribution in [0.5, 0.6) is 0 Å². The van der Waals surface area contributed by atoms with E-state index in [2.05, 4.69) is 9.97 Å². The molecule has 0 saturated heterocycles. The third-order valence-corrected chi connectivity index (χ3v) is 4.23. The molecule has 0 aliphatic rings. The van der Waals surface area contributed by atoms with Gasteiger partial charge in [0.15, 0.2) is 15.7 Å². The fourth-order valence-electron chi connectivity index (χ4n) is 1.79. The van der Waals surface area contributed by atoms with Crippen molar-refractivity contribution in [3.63, 3.8) is 0 Å². The first-order valence-electron chi connectivity index (χ1n) is 5.90. The van der Waals surface area contributed by atoms with Gasteiger partial charge >= 0.3 is 0 Å². The van der Waals surface area contributed by atoms with Crippen LogP contribution in [0, 0.1) is 11.3 Å². The van der Waals surface area contributed by atoms with Crippen LogP contribution in [0.2, 0.25) is 0 Å². The van der Waals surface area contributed by atoms with E-state index in [1.54, 1.807) is 6.07 Å². The van der Waals surface area contributed by atoms with Gasteiger partial charge in [0, 0.05) is 6.26 Å². The van der Waals surface area contributed by atoms with E-state index < -0.39 is 21.2 Å². The number of hydrogen-bond acceptors (Lipinski definition) is 6. The molecule has 22 heavy (non-hydrogen) atoms. The van der Waals surface area contributed by atoms with Crippen LogP contribution in [0.15, 0.2) is 33.6 Å². The molecule has 1 heterocycles. The Morgan fingerprint density at radius 3 is 2.73 bits per heavy atom. The van der Waals surface area contributed by atoms with Crippen molar-refractivity contribution in [1.82, 2.24) is 9.97 Å². The van der Waals surface area contributed by atoms with E-state index in [-0.39, 0.29) is 33.1 Å². The van der Waals surface area contributed by atoms with Gasteiger partial charge in [0.05, 0.1) is 21.7 Å². The van der Waals surface area contributed by atoms with Crippen LogP contribution in [-0.2, 0) is 9.84 Å². The van der Waals surface area contributed by atoms with E-state index in [4.69, 9.17) is 16.9 Å². The lowest BCUT2D eigenvalue weighted by Crippen LogP contribution is -2.12. The van der Waals surface area contributed by atoms with Crippen molar-refractivity contribution < 1.29 is 13.5 Å². The lowest BCUT2D eigenvalue weighted by molar-refractivity contribution is 0.419. The Labute approximate surface area is 130 Å². The summed E-state index contributed by atoms with van der Waals surface area (Å²) < 4.78 is 23.1. The molecule has 7 nitrogen and oxygen atoms in total. The van der Waals surface area contributed by atoms with Crippen LogP contribution >= 0.6 is 11.6 Å². The van der Waals surface area contributed by atoms with Gasteiger partial charge in [-0.3, -0.25) is 4.79 Å². The summed E-state index contributed by atoms with van der Waals surface area (Å²) >= 11 is 5.46. The number of nitrogens with zero attached hydrogens (tertiary/aromatic N) is 2. The molecule has 0 radical (unpaired) electrons. The first-order chi connectivity index (χ1) is 10.3. The van der Waals surface area contributed by atoms with Crippen LogP contribution in [0.3, 0.4) is 0 Å². The maximum absolute atomic E-state index is 12.0. The number of aromatic nitrogens is 2. The second-order valence-electron chi connectivity index (χ2n) is 4.43. The first-order valence-corrected chi connectivity index (χ1v) is 8.33. The summed E-state index contributed by atoms with van der Waals surface area (Å²) in [6.07, 6.45) is 1.03. The molecule has 2 N–H and O–H groups in total. The number of allylic oxidation sites excluding steroid dienone is 2. The van der Waals surface area contributed by atoms with E-state index >= 15 is 0 Å². The van der Waals surface area contributed by atoms with Gasteiger partial charge in [0.2, 0.25) is 0 Å². The van der Waals surface area contributed by atoms with Gasteiger partial charge in [0.1, 0.15) is 17.4 Å². The highest BCUT2D eigenvalue weighted by Gasteiger charge is 2.14. The molecule has 9 heteroatoms. The molecule has 114 valence electrons. The Morgan fingerprint density at radius 1 is 1.50 bits per heavy atom. The number of alkyl halides is 1. The average Bonchev–Trinajstić information content (AvgIpc) is 2.46. The average molecular weight is 340 g/mol. The van der Waals surface area contributed by atoms with Crippen molar-refractivity contribution in [2.75, 3.05) is 12.1 Å². The zero-order valence-corrected chi connectivity index (χ0v) is 12.9. The van der Waals surface area contributed by atoms with Crippen molar-refractivity contribution in [3.8, 4) is 6.07 Å². The van der Waals surface area contributed by atoms with Crippen LogP contribution in [0.25, 0.3) is 16.5 Å². The van der Waals surface area contributed by atoms with Gasteiger partial charge in [-0.15, -0.1) is 11.6 Å². The Balaban J connectivity index is 2.82. The number of fused-ring (bicyclic) bond motifs is 1. The summed E-state index contributed by atoms with van der Waals surface area (Å²) in [4.78, 5) is 18.4. The van der Waals surface area contributed by atoms with Crippen molar-refractivity contribution in [1.29, 1.82) is 5.26 Å². The molecule has 2 rings (SSSR count). The van der Waals surface area contributed by atoms with E-state index in [1.165, 1.54) is 18.2 Å². The maximum atomic E-state index is 12.0. The van der Waals surface area contributed by atoms with Crippen LogP contribution < -0.4 is 5.56 Å². The monoisotopic (exact) mass is 339 g/mol. The summed E-state index contributed by atoms with van der Waals surface area (Å²) in [6.45, 7) is 0. The van der Waals surface area contributed by atoms with E-state index in [0.717, 1.165) is 6.26 Å². The smallest absolute Gasteiger partial charge is 0.259 e. The number of halogens is 1. The van der Waals surface area contributed by atoms with Gasteiger partial charge in [-0.2, -0.15) is 5.26 Å². The molecule has 0 amide bonds. The summed E-state index contributed by atoms with van der Waals surface area (Å²) in [5.41, 5.74) is -0.745. The van der Waals surface area contributed by atoms with E-state index in [9.17, 15) is 18.3 Å². The van der Waals surface area contributed by atoms with Gasteiger partial charge in [-0.25, -0.2) is 13.4 Å². The van der Waals surface area contributed by atoms with E-state index in [0.29, 0.717) is 0 Å². The SMILES string of the molecule is CS(=O)(=O)c1ccc2c(=O)[nH]c(C(C#N)=C(O)CCl)nc2c1. The Morgan fingerprint density at radius 2 is 2.18 bits per heavy atom. The third kappa shape index (κ3) is 2.95. The molecule has 0 fully saturated rings. The van der Waals surface area contributed by atoms with Crippen LogP contribution in [0.4, 0.5) is 0 Å². The third-order valence-electron chi connectivity index (χ3n) is 2.87. The zero-order valence-electron chi connectivity index (χ0n) is 11.3. The van der Waals surface area contributed by atoms with Gasteiger partial charge < -0.3 is 10.1 Å². The van der Waals surface area contributed by atoms with Crippen LogP contribution in [0.1, 0.15) is 5.82 Å². The van der Waals surface area contributed by atoms with Crippen molar-refractivity contribution >= 4 is 37.9 Å². The molecule has 0 unspecified atom stereocenters. The summed E-state index contributed by atoms with van der Waals surface area (Å²) in [7, 11) is -3.47. The van der Waals surface area contributed by atoms with Crippen molar-refractivity contribution in [2.45, 2.75) is 4.90 Å². The molecule has 0 aliphatic heterocycles. The minimum atomic E-state index is -3.47. The second-order valence-corrected chi connectivity index (χ2v) is 6.72. The number of aliphatic hydroxyl groups excluding tert-OH is 1. The lowest BCUT2D eigenvalue weighted by atomic mass is 10.2. The fourth-order valence-corrected chi connectivity index (χ4v) is 2.56. The summed E-state index contributed by atoms with van der Waals surface area (Å²) in [5.74, 6) is -0.941. The molecule has 0 aliphatic carbocycles. The van der Waals surface area contributed by atoms with Gasteiger partial charge in [-0.1, -0.05) is 0 Å². The highest BCUT2D eigenvalue weighted by molar-refractivity contribution is 7.90. The minimum absolute atomic E-state index is 0.00639. The molecule has 2 aromatic rings. The molecule has 0 saturated carbocycles. The maximum Gasteiger partial charge on any atom is 0.259 e. The summed E-state index contributed by atoms with van der Waals surface area (Å²) in [6, 6.07) is 5.56. The van der Waals surface area contributed by atoms with Crippen LogP contribution in [-0.4, -0.2) is 35.6 Å². The Hall–Kier alpha value is -2.37. The molecular weight excluding hydrogens is 330 g/mol. The lowest BCUT2D eigenvalue weighted by Gasteiger charge is -2.05. The number of hydrogen-bond donors (Lipinski definition) is 2. The van der Waals surface area contributed by atoms with Gasteiger partial charge in [-0.05, 0) is 18.2 Å². The minimum Gasteiger partial charge on any atom is -0.510 e. The largest absolute Gasteiger partial charge is 0.510 e. The molecule has 1 aromatic heterocycles. The molecule has 0 spiro atoms. The second kappa shape index (κ2) is 5.79. The van der Waals surface area contributed by atoms with E-state index in [1.807, 2.05) is 0 Å². The summed E-state index contributed by atoms with van der Waals surface area (Å²) in [5, 5.41) is 18.8. The Kier molecular flexibility index (Phi) is 4.21.